The number of esters is 1. The fourth-order valence-electron chi connectivity index (χ4n) is 2.58. The summed E-state index contributed by atoms with van der Waals surface area (Å²) in [5, 5.41) is 0. The van der Waals surface area contributed by atoms with E-state index in [2.05, 4.69) is 13.8 Å². The van der Waals surface area contributed by atoms with Gasteiger partial charge in [0, 0.05) is 0 Å². The second-order valence-corrected chi connectivity index (χ2v) is 7.28. The largest absolute Gasteiger partial charge is 0.460 e. The van der Waals surface area contributed by atoms with E-state index in [-0.39, 0.29) is 17.5 Å². The van der Waals surface area contributed by atoms with Crippen LogP contribution in [-0.2, 0) is 9.53 Å². The van der Waals surface area contributed by atoms with Gasteiger partial charge in [-0.1, -0.05) is 71.6 Å². The zero-order valence-corrected chi connectivity index (χ0v) is 15.2. The van der Waals surface area contributed by atoms with Crippen LogP contribution in [0.2, 0.25) is 0 Å². The number of rotatable bonds is 12. The van der Waals surface area contributed by atoms with E-state index in [9.17, 15) is 4.79 Å². The van der Waals surface area contributed by atoms with Crippen molar-refractivity contribution in [2.24, 2.45) is 5.92 Å². The lowest BCUT2D eigenvalue weighted by molar-refractivity contribution is -0.160. The van der Waals surface area contributed by atoms with Gasteiger partial charge in [0.05, 0.1) is 5.92 Å². The summed E-state index contributed by atoms with van der Waals surface area (Å²) in [5.41, 5.74) is -0.360. The van der Waals surface area contributed by atoms with E-state index in [1.54, 1.807) is 0 Å². The Morgan fingerprint density at radius 3 is 1.67 bits per heavy atom. The summed E-state index contributed by atoms with van der Waals surface area (Å²) in [6.07, 6.45) is 13.2. The minimum atomic E-state index is -0.360. The molecule has 0 aromatic rings. The van der Waals surface area contributed by atoms with Gasteiger partial charge in [-0.3, -0.25) is 4.79 Å². The van der Waals surface area contributed by atoms with Gasteiger partial charge in [0.15, 0.2) is 0 Å². The highest BCUT2D eigenvalue weighted by Crippen LogP contribution is 2.22. The summed E-state index contributed by atoms with van der Waals surface area (Å²) in [6, 6.07) is 0. The fourth-order valence-corrected chi connectivity index (χ4v) is 2.58. The van der Waals surface area contributed by atoms with Crippen LogP contribution in [0, 0.1) is 5.92 Å². The second-order valence-electron chi connectivity index (χ2n) is 7.28. The van der Waals surface area contributed by atoms with Gasteiger partial charge in [-0.15, -0.1) is 0 Å². The smallest absolute Gasteiger partial charge is 0.309 e. The van der Waals surface area contributed by atoms with Gasteiger partial charge in [-0.2, -0.15) is 0 Å². The molecule has 0 heterocycles. The van der Waals surface area contributed by atoms with E-state index in [0.717, 1.165) is 25.7 Å². The molecule has 0 aliphatic heterocycles. The van der Waals surface area contributed by atoms with Crippen LogP contribution in [0.15, 0.2) is 0 Å². The third kappa shape index (κ3) is 12.9. The zero-order chi connectivity index (χ0) is 16.1. The van der Waals surface area contributed by atoms with E-state index in [0.29, 0.717) is 0 Å². The highest BCUT2D eigenvalue weighted by Gasteiger charge is 2.24. The maximum Gasteiger partial charge on any atom is 0.309 e. The van der Waals surface area contributed by atoms with Crippen molar-refractivity contribution in [3.63, 3.8) is 0 Å². The number of hydrogen-bond acceptors (Lipinski definition) is 2. The van der Waals surface area contributed by atoms with Crippen LogP contribution in [0.25, 0.3) is 0 Å². The van der Waals surface area contributed by atoms with Crippen molar-refractivity contribution in [2.75, 3.05) is 0 Å². The molecule has 0 saturated heterocycles. The standard InChI is InChI=1S/C19H38O2/c1-6-8-10-12-14-16-17(15-13-11-9-7-2)18(20)21-19(3,4)5/h17H,6-16H2,1-5H3. The molecule has 0 fully saturated rings. The maximum atomic E-state index is 12.3. The van der Waals surface area contributed by atoms with E-state index in [1.807, 2.05) is 20.8 Å². The second kappa shape index (κ2) is 12.1. The summed E-state index contributed by atoms with van der Waals surface area (Å²) in [6.45, 7) is 10.3. The Labute approximate surface area is 133 Å². The lowest BCUT2D eigenvalue weighted by Gasteiger charge is -2.24. The molecule has 1 unspecified atom stereocenters. The lowest BCUT2D eigenvalue weighted by atomic mass is 9.94. The van der Waals surface area contributed by atoms with Gasteiger partial charge < -0.3 is 4.74 Å². The predicted molar refractivity (Wildman–Crippen MR) is 91.5 cm³/mol. The van der Waals surface area contributed by atoms with Crippen LogP contribution < -0.4 is 0 Å². The summed E-state index contributed by atoms with van der Waals surface area (Å²) < 4.78 is 5.60. The highest BCUT2D eigenvalue weighted by atomic mass is 16.6. The Morgan fingerprint density at radius 1 is 0.810 bits per heavy atom. The summed E-state index contributed by atoms with van der Waals surface area (Å²) in [5.74, 6) is 0.136. The molecule has 2 nitrogen and oxygen atoms in total. The number of carbonyl (C=O) groups is 1. The molecule has 126 valence electrons. The van der Waals surface area contributed by atoms with Crippen molar-refractivity contribution in [1.29, 1.82) is 0 Å². The Hall–Kier alpha value is -0.530. The maximum absolute atomic E-state index is 12.3. The average molecular weight is 299 g/mol. The third-order valence-corrected chi connectivity index (χ3v) is 3.80. The van der Waals surface area contributed by atoms with E-state index in [4.69, 9.17) is 4.74 Å². The minimum Gasteiger partial charge on any atom is -0.460 e. The Bertz CT molecular complexity index is 253. The summed E-state index contributed by atoms with van der Waals surface area (Å²) in [7, 11) is 0. The molecule has 1 atom stereocenters. The SMILES string of the molecule is CCCCCCCC(CCCCCC)C(=O)OC(C)(C)C. The lowest BCUT2D eigenvalue weighted by Crippen LogP contribution is -2.28. The van der Waals surface area contributed by atoms with Crippen molar-refractivity contribution >= 4 is 5.97 Å². The molecule has 2 heteroatoms. The van der Waals surface area contributed by atoms with Gasteiger partial charge in [0.25, 0.3) is 0 Å². The third-order valence-electron chi connectivity index (χ3n) is 3.80. The topological polar surface area (TPSA) is 26.3 Å². The molecule has 0 aliphatic carbocycles. The normalized spacial score (nSPS) is 13.2. The molecule has 0 rings (SSSR count). The molecule has 0 bridgehead atoms. The monoisotopic (exact) mass is 298 g/mol. The molecule has 0 radical (unpaired) electrons. The molecular formula is C19H38O2. The first-order valence-electron chi connectivity index (χ1n) is 9.13. The molecule has 0 aliphatic rings. The Kier molecular flexibility index (Phi) is 11.8. The van der Waals surface area contributed by atoms with Crippen LogP contribution in [0.1, 0.15) is 105 Å². The fraction of sp³-hybridized carbons (Fsp3) is 0.947. The molecule has 0 spiro atoms. The highest BCUT2D eigenvalue weighted by molar-refractivity contribution is 5.72. The van der Waals surface area contributed by atoms with Crippen LogP contribution in [0.4, 0.5) is 0 Å². The Balaban J connectivity index is 4.16. The molecule has 0 amide bonds. The number of hydrogen-bond donors (Lipinski definition) is 0. The molecule has 0 aromatic heterocycles. The quantitative estimate of drug-likeness (QED) is 0.313. The molecule has 0 saturated carbocycles. The van der Waals surface area contributed by atoms with Gasteiger partial charge >= 0.3 is 5.97 Å². The van der Waals surface area contributed by atoms with Crippen molar-refractivity contribution in [2.45, 2.75) is 111 Å². The molecule has 0 aromatic carbocycles. The predicted octanol–water partition coefficient (Wildman–Crippen LogP) is 6.28. The number of carbonyl (C=O) groups excluding carboxylic acids is 1. The van der Waals surface area contributed by atoms with Crippen molar-refractivity contribution in [1.82, 2.24) is 0 Å². The molecule has 0 N–H and O–H groups in total. The van der Waals surface area contributed by atoms with E-state index >= 15 is 0 Å². The van der Waals surface area contributed by atoms with E-state index < -0.39 is 0 Å². The van der Waals surface area contributed by atoms with Crippen molar-refractivity contribution < 1.29 is 9.53 Å². The number of unbranched alkanes of at least 4 members (excludes halogenated alkanes) is 7. The Morgan fingerprint density at radius 2 is 1.24 bits per heavy atom. The molecule has 21 heavy (non-hydrogen) atoms. The first-order chi connectivity index (χ1) is 9.90. The average Bonchev–Trinajstić information content (AvgIpc) is 2.38. The first kappa shape index (κ1) is 20.5. The van der Waals surface area contributed by atoms with Gasteiger partial charge in [-0.25, -0.2) is 0 Å². The van der Waals surface area contributed by atoms with Gasteiger partial charge in [0.2, 0.25) is 0 Å². The van der Waals surface area contributed by atoms with Crippen LogP contribution in [0.5, 0.6) is 0 Å². The molecular weight excluding hydrogens is 260 g/mol. The van der Waals surface area contributed by atoms with Crippen molar-refractivity contribution in [3.05, 3.63) is 0 Å². The summed E-state index contributed by atoms with van der Waals surface area (Å²) in [4.78, 5) is 12.3. The van der Waals surface area contributed by atoms with Crippen LogP contribution >= 0.6 is 0 Å². The van der Waals surface area contributed by atoms with Gasteiger partial charge in [-0.05, 0) is 33.6 Å². The van der Waals surface area contributed by atoms with Crippen LogP contribution in [-0.4, -0.2) is 11.6 Å². The summed E-state index contributed by atoms with van der Waals surface area (Å²) >= 11 is 0. The zero-order valence-electron chi connectivity index (χ0n) is 15.2. The van der Waals surface area contributed by atoms with Crippen molar-refractivity contribution in [3.8, 4) is 0 Å². The first-order valence-corrected chi connectivity index (χ1v) is 9.13. The van der Waals surface area contributed by atoms with Gasteiger partial charge in [0.1, 0.15) is 5.60 Å². The van der Waals surface area contributed by atoms with Crippen LogP contribution in [0.3, 0.4) is 0 Å². The van der Waals surface area contributed by atoms with E-state index in [1.165, 1.54) is 44.9 Å². The number of ether oxygens (including phenoxy) is 1. The minimum absolute atomic E-state index is 0.0227.